The Hall–Kier alpha value is -5.18. The van der Waals surface area contributed by atoms with Crippen LogP contribution in [0.3, 0.4) is 0 Å². The van der Waals surface area contributed by atoms with Gasteiger partial charge in [0.25, 0.3) is 5.91 Å². The van der Waals surface area contributed by atoms with Gasteiger partial charge in [0.05, 0.1) is 23.9 Å². The number of nitrogens with one attached hydrogen (secondary N) is 3. The highest BCUT2D eigenvalue weighted by atomic mass is 32.2. The number of ether oxygens (including phenoxy) is 3. The lowest BCUT2D eigenvalue weighted by molar-refractivity contribution is -0.143. The van der Waals surface area contributed by atoms with Gasteiger partial charge in [0, 0.05) is 41.5 Å². The quantitative estimate of drug-likeness (QED) is 0.171. The maximum atomic E-state index is 14.8. The van der Waals surface area contributed by atoms with Crippen LogP contribution < -0.4 is 24.8 Å². The first kappa shape index (κ1) is 42.9. The number of aromatic nitrogens is 1. The van der Waals surface area contributed by atoms with E-state index in [1.54, 1.807) is 48.7 Å². The number of rotatable bonds is 14. The molecule has 2 heterocycles. The molecule has 2 aromatic carbocycles. The van der Waals surface area contributed by atoms with E-state index < -0.39 is 79.2 Å². The summed E-state index contributed by atoms with van der Waals surface area (Å²) in [7, 11) is -2.57. The molecular formula is C45H57N5O9S. The second-order valence-electron chi connectivity index (χ2n) is 18.9. The third kappa shape index (κ3) is 8.96. The fourth-order valence-corrected chi connectivity index (χ4v) is 9.75. The fraction of sp³-hybridized carbons (Fsp3) is 0.533. The smallest absolute Gasteiger partial charge is 0.408 e. The molecule has 1 aromatic heterocycles. The van der Waals surface area contributed by atoms with Crippen LogP contribution in [0, 0.1) is 11.3 Å². The maximum absolute atomic E-state index is 14.8. The SMILES string of the molecule is C=CC1CC1(NC(=O)C1CC(Oc2cc(C3CC3)nc3cc(OC)ccc23)CN1C(=O)C(NC(=O)OC(C)(C)C)C(C)(C)C)C(=O)NS(=O)(=O)C1(Cc2ccccc2)CC1. The Labute approximate surface area is 352 Å². The Bertz CT molecular complexity index is 2300. The summed E-state index contributed by atoms with van der Waals surface area (Å²) < 4.78 is 46.6. The first-order chi connectivity index (χ1) is 28.2. The standard InChI is InChI=1S/C45H57N5O9S/c1-9-29-25-45(29,40(53)49-60(55,56)44(19-20-44)24-27-13-11-10-12-14-27)48-38(51)35-22-31(26-50(35)39(52)37(42(2,3)4)47-41(54)59-43(5,6)7)58-36-23-33(28-15-16-28)46-34-21-30(57-8)17-18-32(34)36/h9-14,17-18,21,23,28-29,31,35,37H,1,15-16,19-20,22,24-26H2,2-8H3,(H,47,54)(H,48,51)(H,49,53). The van der Waals surface area contributed by atoms with E-state index in [1.165, 1.54) is 11.0 Å². The van der Waals surface area contributed by atoms with Crippen molar-refractivity contribution in [3.8, 4) is 11.5 Å². The minimum Gasteiger partial charge on any atom is -0.497 e. The van der Waals surface area contributed by atoms with Crippen LogP contribution in [0.5, 0.6) is 11.5 Å². The molecular weight excluding hydrogens is 787 g/mol. The average molecular weight is 844 g/mol. The zero-order valence-corrected chi connectivity index (χ0v) is 36.3. The molecule has 0 radical (unpaired) electrons. The number of alkyl carbamates (subject to hydrolysis) is 1. The van der Waals surface area contributed by atoms with Crippen LogP contribution in [0.1, 0.15) is 97.2 Å². The summed E-state index contributed by atoms with van der Waals surface area (Å²) in [6.07, 6.45) is 3.23. The summed E-state index contributed by atoms with van der Waals surface area (Å²) >= 11 is 0. The molecule has 4 amide bonds. The third-order valence-electron chi connectivity index (χ3n) is 11.9. The van der Waals surface area contributed by atoms with Crippen molar-refractivity contribution in [2.75, 3.05) is 13.7 Å². The number of nitrogens with zero attached hydrogens (tertiary/aromatic N) is 2. The van der Waals surface area contributed by atoms with Crippen molar-refractivity contribution in [2.45, 2.75) is 126 Å². The summed E-state index contributed by atoms with van der Waals surface area (Å²) in [5.74, 6) is -1.14. The monoisotopic (exact) mass is 843 g/mol. The van der Waals surface area contributed by atoms with Crippen molar-refractivity contribution in [1.82, 2.24) is 25.2 Å². The minimum absolute atomic E-state index is 0.0291. The number of fused-ring (bicyclic) bond motifs is 1. The number of hydrogen-bond donors (Lipinski definition) is 3. The van der Waals surface area contributed by atoms with Gasteiger partial charge in [0.2, 0.25) is 21.8 Å². The van der Waals surface area contributed by atoms with E-state index in [0.29, 0.717) is 35.8 Å². The summed E-state index contributed by atoms with van der Waals surface area (Å²) in [5.41, 5.74) is -0.870. The van der Waals surface area contributed by atoms with Crippen LogP contribution in [0.25, 0.3) is 10.9 Å². The highest BCUT2D eigenvalue weighted by Gasteiger charge is 2.63. The number of carbonyl (C=O) groups is 4. The molecule has 5 unspecified atom stereocenters. The molecule has 3 saturated carbocycles. The lowest BCUT2D eigenvalue weighted by atomic mass is 9.85. The van der Waals surface area contributed by atoms with Gasteiger partial charge < -0.3 is 29.7 Å². The molecule has 5 atom stereocenters. The number of benzene rings is 2. The van der Waals surface area contributed by atoms with Crippen LogP contribution in [0.15, 0.2) is 67.3 Å². The van der Waals surface area contributed by atoms with Gasteiger partial charge in [-0.2, -0.15) is 0 Å². The zero-order valence-electron chi connectivity index (χ0n) is 35.5. The van der Waals surface area contributed by atoms with Gasteiger partial charge >= 0.3 is 6.09 Å². The van der Waals surface area contributed by atoms with Crippen LogP contribution in [0.2, 0.25) is 0 Å². The van der Waals surface area contributed by atoms with E-state index in [-0.39, 0.29) is 25.8 Å². The molecule has 0 spiro atoms. The van der Waals surface area contributed by atoms with Crippen molar-refractivity contribution in [2.24, 2.45) is 11.3 Å². The fourth-order valence-electron chi connectivity index (χ4n) is 8.11. The number of methoxy groups -OCH3 is 1. The number of hydrogen-bond acceptors (Lipinski definition) is 10. The Balaban J connectivity index is 1.17. The van der Waals surface area contributed by atoms with Gasteiger partial charge in [0.1, 0.15) is 40.8 Å². The van der Waals surface area contributed by atoms with E-state index in [4.69, 9.17) is 19.2 Å². The average Bonchev–Trinajstić information content (AvgIpc) is 4.10. The number of likely N-dealkylation sites (tertiary alicyclic amines) is 1. The summed E-state index contributed by atoms with van der Waals surface area (Å²) in [5, 5.41) is 6.35. The molecule has 14 nitrogen and oxygen atoms in total. The second-order valence-corrected chi connectivity index (χ2v) is 21.0. The molecule has 7 rings (SSSR count). The second kappa shape index (κ2) is 15.7. The van der Waals surface area contributed by atoms with Gasteiger partial charge in [-0.25, -0.2) is 13.2 Å². The first-order valence-electron chi connectivity index (χ1n) is 20.7. The predicted octanol–water partition coefficient (Wildman–Crippen LogP) is 5.69. The first-order valence-corrected chi connectivity index (χ1v) is 22.2. The Morgan fingerprint density at radius 1 is 1.02 bits per heavy atom. The van der Waals surface area contributed by atoms with Crippen molar-refractivity contribution in [3.05, 3.63) is 78.5 Å². The summed E-state index contributed by atoms with van der Waals surface area (Å²) in [4.78, 5) is 62.9. The highest BCUT2D eigenvalue weighted by Crippen LogP contribution is 2.49. The highest BCUT2D eigenvalue weighted by molar-refractivity contribution is 7.91. The van der Waals surface area contributed by atoms with E-state index in [1.807, 2.05) is 54.6 Å². The Kier molecular flexibility index (Phi) is 11.2. The largest absolute Gasteiger partial charge is 0.497 e. The molecule has 1 saturated heterocycles. The number of pyridine rings is 1. The van der Waals surface area contributed by atoms with Crippen LogP contribution in [0.4, 0.5) is 4.79 Å². The van der Waals surface area contributed by atoms with Crippen LogP contribution in [-0.4, -0.2) is 89.8 Å². The zero-order chi connectivity index (χ0) is 43.4. The summed E-state index contributed by atoms with van der Waals surface area (Å²) in [6.45, 7) is 14.4. The van der Waals surface area contributed by atoms with Gasteiger partial charge in [-0.3, -0.25) is 24.1 Å². The van der Waals surface area contributed by atoms with Crippen molar-refractivity contribution in [1.29, 1.82) is 0 Å². The van der Waals surface area contributed by atoms with E-state index in [0.717, 1.165) is 29.5 Å². The molecule has 322 valence electrons. The number of sulfonamides is 1. The maximum Gasteiger partial charge on any atom is 0.408 e. The van der Waals surface area contributed by atoms with Crippen molar-refractivity contribution < 1.29 is 41.8 Å². The van der Waals surface area contributed by atoms with Crippen molar-refractivity contribution >= 4 is 44.7 Å². The number of carbonyl (C=O) groups excluding carboxylic acids is 4. The Morgan fingerprint density at radius 2 is 1.72 bits per heavy atom. The molecule has 3 aromatic rings. The van der Waals surface area contributed by atoms with E-state index in [9.17, 15) is 27.6 Å². The number of amides is 4. The minimum atomic E-state index is -4.16. The Morgan fingerprint density at radius 3 is 2.30 bits per heavy atom. The molecule has 4 aliphatic rings. The molecule has 60 heavy (non-hydrogen) atoms. The summed E-state index contributed by atoms with van der Waals surface area (Å²) in [6, 6.07) is 14.4. The van der Waals surface area contributed by atoms with Crippen molar-refractivity contribution in [3.63, 3.8) is 0 Å². The van der Waals surface area contributed by atoms with Crippen LogP contribution in [-0.2, 0) is 35.6 Å². The molecule has 1 aliphatic heterocycles. The van der Waals surface area contributed by atoms with E-state index in [2.05, 4.69) is 21.9 Å². The molecule has 3 N–H and O–H groups in total. The van der Waals surface area contributed by atoms with Gasteiger partial charge in [-0.15, -0.1) is 6.58 Å². The van der Waals surface area contributed by atoms with Crippen LogP contribution >= 0.6 is 0 Å². The van der Waals surface area contributed by atoms with E-state index >= 15 is 0 Å². The third-order valence-corrected chi connectivity index (χ3v) is 14.1. The van der Waals surface area contributed by atoms with Gasteiger partial charge in [-0.05, 0) is 82.4 Å². The normalized spacial score (nSPS) is 23.9. The molecule has 3 aliphatic carbocycles. The lowest BCUT2D eigenvalue weighted by Crippen LogP contribution is -2.60. The molecule has 4 fully saturated rings. The van der Waals surface area contributed by atoms with Gasteiger partial charge in [0.15, 0.2) is 0 Å². The predicted molar refractivity (Wildman–Crippen MR) is 226 cm³/mol. The molecule has 15 heteroatoms. The molecule has 0 bridgehead atoms. The lowest BCUT2D eigenvalue weighted by Gasteiger charge is -2.36. The topological polar surface area (TPSA) is 182 Å². The van der Waals surface area contributed by atoms with Gasteiger partial charge in [-0.1, -0.05) is 57.2 Å².